The SMILES string of the molecule is C1=CC2=Cc3ccc4c(c3OC23C=C(Oc2ccccc2)C=CC3=C1)CN=C4. The van der Waals surface area contributed by atoms with E-state index >= 15 is 0 Å². The molecule has 0 amide bonds. The molecule has 6 rings (SSSR count). The molecule has 3 nitrogen and oxygen atoms in total. The molecule has 0 saturated carbocycles. The van der Waals surface area contributed by atoms with E-state index in [4.69, 9.17) is 9.47 Å². The van der Waals surface area contributed by atoms with Crippen LogP contribution in [0.5, 0.6) is 11.5 Å². The summed E-state index contributed by atoms with van der Waals surface area (Å²) in [7, 11) is 0. The van der Waals surface area contributed by atoms with Crippen LogP contribution in [0.15, 0.2) is 101 Å². The van der Waals surface area contributed by atoms with Crippen LogP contribution in [0.25, 0.3) is 6.08 Å². The molecule has 2 aliphatic carbocycles. The van der Waals surface area contributed by atoms with Gasteiger partial charge in [0, 0.05) is 40.1 Å². The van der Waals surface area contributed by atoms with Crippen LogP contribution in [0.4, 0.5) is 0 Å². The smallest absolute Gasteiger partial charge is 0.181 e. The van der Waals surface area contributed by atoms with Crippen LogP contribution < -0.4 is 9.47 Å². The number of ether oxygens (including phenoxy) is 2. The van der Waals surface area contributed by atoms with E-state index < -0.39 is 5.60 Å². The van der Waals surface area contributed by atoms with Gasteiger partial charge in [0.2, 0.25) is 0 Å². The van der Waals surface area contributed by atoms with Crippen molar-refractivity contribution in [2.75, 3.05) is 0 Å². The second-order valence-corrected chi connectivity index (χ2v) is 7.24. The van der Waals surface area contributed by atoms with Crippen molar-refractivity contribution in [3.63, 3.8) is 0 Å². The maximum atomic E-state index is 6.76. The van der Waals surface area contributed by atoms with Crippen LogP contribution in [0, 0.1) is 0 Å². The molecule has 0 aromatic heterocycles. The summed E-state index contributed by atoms with van der Waals surface area (Å²) in [6.45, 7) is 0.666. The summed E-state index contributed by atoms with van der Waals surface area (Å²) < 4.78 is 12.9. The van der Waals surface area contributed by atoms with Gasteiger partial charge in [-0.2, -0.15) is 0 Å². The third-order valence-electron chi connectivity index (χ3n) is 5.54. The molecule has 2 aromatic rings. The maximum Gasteiger partial charge on any atom is 0.181 e. The number of fused-ring (bicyclic) bond motifs is 3. The molecule has 1 atom stereocenters. The van der Waals surface area contributed by atoms with Crippen LogP contribution in [0.1, 0.15) is 16.7 Å². The van der Waals surface area contributed by atoms with Crippen molar-refractivity contribution in [3.8, 4) is 11.5 Å². The summed E-state index contributed by atoms with van der Waals surface area (Å²) in [5, 5.41) is 0. The summed E-state index contributed by atoms with van der Waals surface area (Å²) in [6, 6.07) is 14.1. The fraction of sp³-hybridized carbons (Fsp3) is 0.0800. The molecule has 4 aliphatic rings. The summed E-state index contributed by atoms with van der Waals surface area (Å²) in [4.78, 5) is 4.43. The average Bonchev–Trinajstić information content (AvgIpc) is 3.21. The molecule has 0 radical (unpaired) electrons. The number of aliphatic imine (C=N–C) groups is 1. The number of nitrogens with zero attached hydrogens (tertiary/aromatic N) is 1. The van der Waals surface area contributed by atoms with Crippen molar-refractivity contribution >= 4 is 12.3 Å². The molecule has 1 unspecified atom stereocenters. The number of benzene rings is 2. The van der Waals surface area contributed by atoms with Crippen molar-refractivity contribution in [3.05, 3.63) is 113 Å². The Hall–Kier alpha value is -3.59. The van der Waals surface area contributed by atoms with Gasteiger partial charge in [-0.15, -0.1) is 0 Å². The van der Waals surface area contributed by atoms with E-state index in [1.165, 1.54) is 0 Å². The van der Waals surface area contributed by atoms with E-state index in [-0.39, 0.29) is 0 Å². The van der Waals surface area contributed by atoms with Crippen LogP contribution in [-0.2, 0) is 6.54 Å². The lowest BCUT2D eigenvalue weighted by atomic mass is 9.76. The molecule has 2 aliphatic heterocycles. The molecular formula is C25H17NO2. The van der Waals surface area contributed by atoms with Crippen molar-refractivity contribution in [2.45, 2.75) is 12.1 Å². The Labute approximate surface area is 163 Å². The van der Waals surface area contributed by atoms with E-state index in [0.717, 1.165) is 45.1 Å². The summed E-state index contributed by atoms with van der Waals surface area (Å²) in [5.41, 5.74) is 4.94. The van der Waals surface area contributed by atoms with Crippen molar-refractivity contribution in [2.24, 2.45) is 4.99 Å². The van der Waals surface area contributed by atoms with E-state index in [1.807, 2.05) is 42.6 Å². The molecule has 134 valence electrons. The van der Waals surface area contributed by atoms with Gasteiger partial charge in [-0.3, -0.25) is 4.99 Å². The predicted molar refractivity (Wildman–Crippen MR) is 111 cm³/mol. The topological polar surface area (TPSA) is 30.8 Å². The summed E-state index contributed by atoms with van der Waals surface area (Å²) in [5.74, 6) is 2.51. The molecule has 0 saturated heterocycles. The highest BCUT2D eigenvalue weighted by atomic mass is 16.5. The zero-order chi connectivity index (χ0) is 18.6. The standard InChI is InChI=1S/C25H17NO2/c1-2-7-21(8-3-1)27-22-12-11-19-5-4-6-20-13-17-9-10-18-15-26-16-23(18)24(17)28-25(19,20)14-22/h1-15H,16H2. The Bertz CT molecular complexity index is 1180. The van der Waals surface area contributed by atoms with Crippen LogP contribution in [0.3, 0.4) is 0 Å². The van der Waals surface area contributed by atoms with Gasteiger partial charge in [-0.05, 0) is 24.3 Å². The number of para-hydroxylation sites is 1. The molecule has 28 heavy (non-hydrogen) atoms. The number of hydrogen-bond acceptors (Lipinski definition) is 3. The minimum Gasteiger partial charge on any atom is -0.472 e. The summed E-state index contributed by atoms with van der Waals surface area (Å²) in [6.07, 6.45) is 16.6. The first-order valence-electron chi connectivity index (χ1n) is 9.41. The fourth-order valence-corrected chi connectivity index (χ4v) is 4.17. The molecule has 3 heteroatoms. The Balaban J connectivity index is 1.48. The highest BCUT2D eigenvalue weighted by molar-refractivity contribution is 5.88. The van der Waals surface area contributed by atoms with Crippen LogP contribution in [-0.4, -0.2) is 11.8 Å². The van der Waals surface area contributed by atoms with Gasteiger partial charge in [-0.25, -0.2) is 0 Å². The second-order valence-electron chi connectivity index (χ2n) is 7.24. The van der Waals surface area contributed by atoms with E-state index in [2.05, 4.69) is 53.6 Å². The number of allylic oxidation sites excluding steroid dienone is 3. The van der Waals surface area contributed by atoms with Gasteiger partial charge in [-0.1, -0.05) is 54.6 Å². The molecule has 1 spiro atoms. The Morgan fingerprint density at radius 1 is 0.929 bits per heavy atom. The van der Waals surface area contributed by atoms with Crippen LogP contribution >= 0.6 is 0 Å². The number of hydrogen-bond donors (Lipinski definition) is 0. The van der Waals surface area contributed by atoms with E-state index in [0.29, 0.717) is 6.54 Å². The van der Waals surface area contributed by atoms with Gasteiger partial charge < -0.3 is 9.47 Å². The van der Waals surface area contributed by atoms with Crippen LogP contribution in [0.2, 0.25) is 0 Å². The highest BCUT2D eigenvalue weighted by Gasteiger charge is 2.44. The van der Waals surface area contributed by atoms with E-state index in [9.17, 15) is 0 Å². The lowest BCUT2D eigenvalue weighted by Crippen LogP contribution is -2.42. The largest absolute Gasteiger partial charge is 0.472 e. The first-order valence-corrected chi connectivity index (χ1v) is 9.41. The minimum atomic E-state index is -0.668. The minimum absolute atomic E-state index is 0.666. The molecule has 0 fully saturated rings. The molecular weight excluding hydrogens is 346 g/mol. The van der Waals surface area contributed by atoms with E-state index in [1.54, 1.807) is 0 Å². The Kier molecular flexibility index (Phi) is 3.15. The average molecular weight is 363 g/mol. The van der Waals surface area contributed by atoms with Gasteiger partial charge in [0.1, 0.15) is 17.3 Å². The van der Waals surface area contributed by atoms with Gasteiger partial charge >= 0.3 is 0 Å². The fourth-order valence-electron chi connectivity index (χ4n) is 4.17. The molecule has 2 heterocycles. The summed E-state index contributed by atoms with van der Waals surface area (Å²) >= 11 is 0. The first-order chi connectivity index (χ1) is 13.8. The quantitative estimate of drug-likeness (QED) is 0.738. The van der Waals surface area contributed by atoms with Crippen molar-refractivity contribution in [1.29, 1.82) is 0 Å². The number of rotatable bonds is 2. The van der Waals surface area contributed by atoms with Crippen molar-refractivity contribution < 1.29 is 9.47 Å². The highest BCUT2D eigenvalue weighted by Crippen LogP contribution is 2.48. The zero-order valence-electron chi connectivity index (χ0n) is 15.1. The lowest BCUT2D eigenvalue weighted by Gasteiger charge is -2.41. The second kappa shape index (κ2) is 5.70. The predicted octanol–water partition coefficient (Wildman–Crippen LogP) is 5.16. The third kappa shape index (κ3) is 2.20. The maximum absolute atomic E-state index is 6.76. The third-order valence-corrected chi connectivity index (χ3v) is 5.54. The van der Waals surface area contributed by atoms with Gasteiger partial charge in [0.25, 0.3) is 0 Å². The molecule has 0 bridgehead atoms. The Morgan fingerprint density at radius 2 is 1.82 bits per heavy atom. The first kappa shape index (κ1) is 15.5. The van der Waals surface area contributed by atoms with Gasteiger partial charge in [0.15, 0.2) is 5.60 Å². The van der Waals surface area contributed by atoms with Crippen molar-refractivity contribution in [1.82, 2.24) is 0 Å². The van der Waals surface area contributed by atoms with Gasteiger partial charge in [0.05, 0.1) is 6.54 Å². The zero-order valence-corrected chi connectivity index (χ0v) is 15.1. The lowest BCUT2D eigenvalue weighted by molar-refractivity contribution is 0.191. The normalized spacial score (nSPS) is 22.8. The Morgan fingerprint density at radius 3 is 2.75 bits per heavy atom. The molecule has 2 aromatic carbocycles. The monoisotopic (exact) mass is 363 g/mol. The molecule has 0 N–H and O–H groups in total.